The Morgan fingerprint density at radius 2 is 1.62 bits per heavy atom. The van der Waals surface area contributed by atoms with Crippen LogP contribution in [0.15, 0.2) is 30.3 Å². The molecule has 2 saturated heterocycles. The Morgan fingerprint density at radius 1 is 0.973 bits per heavy atom. The molecular formula is C27H29Cl2FN2O4S. The Hall–Kier alpha value is -1.87. The minimum Gasteiger partial charge on any atom is -0.490 e. The lowest BCUT2D eigenvalue weighted by Crippen LogP contribution is -2.45. The number of nitrogens with zero attached hydrogens (tertiary/aromatic N) is 1. The van der Waals surface area contributed by atoms with Gasteiger partial charge >= 0.3 is 0 Å². The van der Waals surface area contributed by atoms with E-state index in [4.69, 9.17) is 27.9 Å². The van der Waals surface area contributed by atoms with Crippen molar-refractivity contribution in [1.29, 1.82) is 0 Å². The quantitative estimate of drug-likeness (QED) is 0.436. The summed E-state index contributed by atoms with van der Waals surface area (Å²) in [6.45, 7) is 0.607. The first kappa shape index (κ1) is 25.4. The molecule has 0 aromatic heterocycles. The van der Waals surface area contributed by atoms with Crippen LogP contribution in [0.2, 0.25) is 10.0 Å². The second-order valence-electron chi connectivity index (χ2n) is 10.9. The van der Waals surface area contributed by atoms with E-state index in [1.807, 2.05) is 0 Å². The predicted molar refractivity (Wildman–Crippen MR) is 140 cm³/mol. The summed E-state index contributed by atoms with van der Waals surface area (Å²) in [5.74, 6) is -0.595. The highest BCUT2D eigenvalue weighted by Crippen LogP contribution is 2.45. The van der Waals surface area contributed by atoms with Crippen molar-refractivity contribution in [3.63, 3.8) is 0 Å². The molecular weight excluding hydrogens is 538 g/mol. The number of rotatable bonds is 8. The summed E-state index contributed by atoms with van der Waals surface area (Å²) < 4.78 is 47.9. The van der Waals surface area contributed by atoms with Crippen LogP contribution in [0.25, 0.3) is 0 Å². The van der Waals surface area contributed by atoms with Gasteiger partial charge in [-0.2, -0.15) is 0 Å². The number of sulfonamides is 1. The molecule has 2 aliphatic heterocycles. The van der Waals surface area contributed by atoms with Gasteiger partial charge in [-0.3, -0.25) is 9.69 Å². The van der Waals surface area contributed by atoms with Gasteiger partial charge in [-0.05, 0) is 98.7 Å². The highest BCUT2D eigenvalue weighted by Gasteiger charge is 2.42. The van der Waals surface area contributed by atoms with E-state index in [0.717, 1.165) is 49.7 Å². The highest BCUT2D eigenvalue weighted by atomic mass is 35.5. The summed E-state index contributed by atoms with van der Waals surface area (Å²) >= 11 is 12.3. The Bertz CT molecular complexity index is 1310. The number of hydrogen-bond donors (Lipinski definition) is 1. The van der Waals surface area contributed by atoms with Crippen molar-refractivity contribution in [3.05, 3.63) is 62.9 Å². The molecule has 1 unspecified atom stereocenters. The third-order valence-corrected chi connectivity index (χ3v) is 10.3. The van der Waals surface area contributed by atoms with Crippen molar-refractivity contribution >= 4 is 39.1 Å². The van der Waals surface area contributed by atoms with Gasteiger partial charge < -0.3 is 4.74 Å². The van der Waals surface area contributed by atoms with Crippen molar-refractivity contribution in [2.24, 2.45) is 0 Å². The summed E-state index contributed by atoms with van der Waals surface area (Å²) in [4.78, 5) is 15.1. The van der Waals surface area contributed by atoms with Gasteiger partial charge in [0.2, 0.25) is 10.0 Å². The third kappa shape index (κ3) is 5.49. The summed E-state index contributed by atoms with van der Waals surface area (Å²) in [7, 11) is -3.74. The molecule has 1 N–H and O–H groups in total. The van der Waals surface area contributed by atoms with Gasteiger partial charge in [0.05, 0.1) is 10.8 Å². The number of hydrogen-bond acceptors (Lipinski definition) is 5. The zero-order valence-electron chi connectivity index (χ0n) is 20.3. The van der Waals surface area contributed by atoms with Crippen molar-refractivity contribution in [1.82, 2.24) is 9.62 Å². The van der Waals surface area contributed by atoms with Crippen LogP contribution < -0.4 is 9.46 Å². The maximum absolute atomic E-state index is 15.2. The van der Waals surface area contributed by atoms with E-state index >= 15 is 4.39 Å². The molecule has 0 spiro atoms. The van der Waals surface area contributed by atoms with Crippen molar-refractivity contribution in [3.8, 4) is 5.75 Å². The summed E-state index contributed by atoms with van der Waals surface area (Å²) in [6, 6.07) is 8.91. The molecule has 10 heteroatoms. The zero-order valence-corrected chi connectivity index (χ0v) is 22.6. The minimum absolute atomic E-state index is 0.0578. The smallest absolute Gasteiger partial charge is 0.267 e. The summed E-state index contributed by atoms with van der Waals surface area (Å²) in [5, 5.41) is 0.541. The molecule has 1 amide bonds. The molecule has 2 aliphatic carbocycles. The summed E-state index contributed by atoms with van der Waals surface area (Å²) in [5.41, 5.74) is 1.66. The minimum atomic E-state index is -3.74. The molecule has 198 valence electrons. The van der Waals surface area contributed by atoms with Gasteiger partial charge in [-0.1, -0.05) is 23.2 Å². The maximum atomic E-state index is 15.2. The largest absolute Gasteiger partial charge is 0.490 e. The first-order valence-corrected chi connectivity index (χ1v) is 15.2. The molecule has 2 bridgehead atoms. The second-order valence-corrected chi connectivity index (χ2v) is 13.7. The van der Waals surface area contributed by atoms with Crippen molar-refractivity contribution in [2.75, 3.05) is 0 Å². The normalized spacial score (nSPS) is 25.8. The lowest BCUT2D eigenvalue weighted by Gasteiger charge is -2.39. The fraction of sp³-hybridized carbons (Fsp3) is 0.519. The summed E-state index contributed by atoms with van der Waals surface area (Å²) in [6.07, 6.45) is 6.95. The van der Waals surface area contributed by atoms with E-state index in [0.29, 0.717) is 47.3 Å². The maximum Gasteiger partial charge on any atom is 0.267 e. The molecule has 2 heterocycles. The van der Waals surface area contributed by atoms with Crippen LogP contribution >= 0.6 is 23.2 Å². The lowest BCUT2D eigenvalue weighted by molar-refractivity contribution is 0.0443. The monoisotopic (exact) mass is 566 g/mol. The van der Waals surface area contributed by atoms with E-state index < -0.39 is 27.0 Å². The topological polar surface area (TPSA) is 75.7 Å². The van der Waals surface area contributed by atoms with E-state index in [2.05, 4.69) is 9.62 Å². The first-order valence-electron chi connectivity index (χ1n) is 12.9. The Labute approximate surface area is 226 Å². The number of carbonyl (C=O) groups excluding carboxylic acids is 1. The van der Waals surface area contributed by atoms with Crippen LogP contribution in [0.1, 0.15) is 78.8 Å². The van der Waals surface area contributed by atoms with Crippen molar-refractivity contribution in [2.45, 2.75) is 87.3 Å². The molecule has 4 fully saturated rings. The van der Waals surface area contributed by atoms with Crippen LogP contribution in [-0.4, -0.2) is 42.7 Å². The number of piperidine rings is 1. The molecule has 0 radical (unpaired) electrons. The van der Waals surface area contributed by atoms with E-state index in [1.165, 1.54) is 6.07 Å². The van der Waals surface area contributed by atoms with Crippen LogP contribution in [0.3, 0.4) is 0 Å². The average Bonchev–Trinajstić information content (AvgIpc) is 3.71. The van der Waals surface area contributed by atoms with Gasteiger partial charge in [0, 0.05) is 28.7 Å². The Morgan fingerprint density at radius 3 is 2.22 bits per heavy atom. The van der Waals surface area contributed by atoms with Gasteiger partial charge in [0.15, 0.2) is 0 Å². The first-order chi connectivity index (χ1) is 17.7. The van der Waals surface area contributed by atoms with E-state index in [1.54, 1.807) is 24.3 Å². The molecule has 3 atom stereocenters. The number of amides is 1. The predicted octanol–water partition coefficient (Wildman–Crippen LogP) is 5.81. The third-order valence-electron chi connectivity index (χ3n) is 8.02. The number of fused-ring (bicyclic) bond motifs is 2. The molecule has 2 saturated carbocycles. The fourth-order valence-corrected chi connectivity index (χ4v) is 7.72. The zero-order chi connectivity index (χ0) is 25.9. The van der Waals surface area contributed by atoms with Crippen LogP contribution in [0, 0.1) is 5.82 Å². The van der Waals surface area contributed by atoms with Gasteiger partial charge in [-0.25, -0.2) is 17.5 Å². The molecule has 37 heavy (non-hydrogen) atoms. The van der Waals surface area contributed by atoms with Crippen molar-refractivity contribution < 1.29 is 22.3 Å². The number of benzene rings is 2. The molecule has 4 aliphatic rings. The Balaban J connectivity index is 1.18. The van der Waals surface area contributed by atoms with Gasteiger partial charge in [-0.15, -0.1) is 0 Å². The fourth-order valence-electron chi connectivity index (χ4n) is 5.93. The SMILES string of the molecule is O=C(NS(=O)(=O)C1CC1)c1cc(C2CC2)c(CN2[C@@H]3CC[C@H]2CC(Oc2cc(Cl)cc(Cl)c2)C3)cc1F. The number of ether oxygens (including phenoxy) is 1. The average molecular weight is 568 g/mol. The molecule has 6 rings (SSSR count). The highest BCUT2D eigenvalue weighted by molar-refractivity contribution is 7.91. The standard InChI is InChI=1S/C27H29Cl2FN2O4S/c28-17-8-18(29)10-21(9-17)36-22-11-19-3-4-20(12-22)32(19)14-16-7-26(30)25(13-24(16)15-1-2-15)27(33)31-37(34,35)23-5-6-23/h7-10,13,15,19-20,22-23H,1-6,11-12,14H2,(H,31,33)/t19-,20+,22?. The van der Waals surface area contributed by atoms with Gasteiger partial charge in [0.1, 0.15) is 17.7 Å². The number of nitrogens with one attached hydrogen (secondary N) is 1. The lowest BCUT2D eigenvalue weighted by atomic mass is 9.95. The van der Waals surface area contributed by atoms with Crippen LogP contribution in [0.5, 0.6) is 5.75 Å². The van der Waals surface area contributed by atoms with Crippen LogP contribution in [0.4, 0.5) is 4.39 Å². The number of halogens is 3. The molecule has 6 nitrogen and oxygen atoms in total. The van der Waals surface area contributed by atoms with E-state index in [9.17, 15) is 13.2 Å². The van der Waals surface area contributed by atoms with E-state index in [-0.39, 0.29) is 17.6 Å². The Kier molecular flexibility index (Phi) is 6.66. The number of carbonyl (C=O) groups is 1. The second kappa shape index (κ2) is 9.70. The molecule has 2 aromatic carbocycles. The van der Waals surface area contributed by atoms with Gasteiger partial charge in [0.25, 0.3) is 5.91 Å². The molecule has 2 aromatic rings. The van der Waals surface area contributed by atoms with Crippen LogP contribution in [-0.2, 0) is 16.6 Å².